The SMILES string of the molecule is CC(=O)OCC(CCCCC/C=C/C(=O)O)OC(C)=O. The molecule has 0 amide bonds. The third-order valence-corrected chi connectivity index (χ3v) is 2.46. The number of hydrogen-bond donors (Lipinski definition) is 1. The van der Waals surface area contributed by atoms with E-state index in [1.54, 1.807) is 6.08 Å². The highest BCUT2D eigenvalue weighted by molar-refractivity contribution is 5.79. The van der Waals surface area contributed by atoms with Gasteiger partial charge in [-0.1, -0.05) is 12.5 Å². The first-order chi connectivity index (χ1) is 9.41. The molecular weight excluding hydrogens is 264 g/mol. The summed E-state index contributed by atoms with van der Waals surface area (Å²) in [7, 11) is 0. The summed E-state index contributed by atoms with van der Waals surface area (Å²) in [5.41, 5.74) is 0. The molecule has 1 N–H and O–H groups in total. The van der Waals surface area contributed by atoms with Crippen molar-refractivity contribution in [2.75, 3.05) is 6.61 Å². The first-order valence-corrected chi connectivity index (χ1v) is 6.62. The van der Waals surface area contributed by atoms with Gasteiger partial charge in [0.2, 0.25) is 0 Å². The average Bonchev–Trinajstić information content (AvgIpc) is 2.33. The van der Waals surface area contributed by atoms with Gasteiger partial charge in [-0.15, -0.1) is 0 Å². The van der Waals surface area contributed by atoms with Crippen LogP contribution >= 0.6 is 0 Å². The van der Waals surface area contributed by atoms with Crippen LogP contribution in [0.15, 0.2) is 12.2 Å². The molecule has 0 aromatic rings. The minimum absolute atomic E-state index is 0.0772. The number of carbonyl (C=O) groups is 3. The summed E-state index contributed by atoms with van der Waals surface area (Å²) in [6.45, 7) is 2.70. The Morgan fingerprint density at radius 1 is 1.10 bits per heavy atom. The summed E-state index contributed by atoms with van der Waals surface area (Å²) in [6, 6.07) is 0. The van der Waals surface area contributed by atoms with E-state index in [2.05, 4.69) is 0 Å². The molecule has 0 spiro atoms. The van der Waals surface area contributed by atoms with Crippen molar-refractivity contribution in [1.29, 1.82) is 0 Å². The van der Waals surface area contributed by atoms with Crippen molar-refractivity contribution in [3.63, 3.8) is 0 Å². The predicted molar refractivity (Wildman–Crippen MR) is 72.0 cm³/mol. The van der Waals surface area contributed by atoms with Crippen LogP contribution in [0, 0.1) is 0 Å². The lowest BCUT2D eigenvalue weighted by Crippen LogP contribution is -2.23. The Bertz CT molecular complexity index is 348. The van der Waals surface area contributed by atoms with Crippen molar-refractivity contribution in [2.45, 2.75) is 52.1 Å². The van der Waals surface area contributed by atoms with Crippen LogP contribution in [0.2, 0.25) is 0 Å². The maximum atomic E-state index is 10.9. The van der Waals surface area contributed by atoms with E-state index in [1.807, 2.05) is 0 Å². The topological polar surface area (TPSA) is 89.9 Å². The fourth-order valence-electron chi connectivity index (χ4n) is 1.62. The van der Waals surface area contributed by atoms with Crippen LogP contribution in [-0.2, 0) is 23.9 Å². The molecule has 0 aliphatic rings. The van der Waals surface area contributed by atoms with Gasteiger partial charge < -0.3 is 14.6 Å². The van der Waals surface area contributed by atoms with Crippen LogP contribution in [0.4, 0.5) is 0 Å². The summed E-state index contributed by atoms with van der Waals surface area (Å²) in [6.07, 6.45) is 6.23. The zero-order chi connectivity index (χ0) is 15.4. The third kappa shape index (κ3) is 12.6. The van der Waals surface area contributed by atoms with Crippen molar-refractivity contribution >= 4 is 17.9 Å². The average molecular weight is 286 g/mol. The largest absolute Gasteiger partial charge is 0.478 e. The molecule has 6 heteroatoms. The van der Waals surface area contributed by atoms with E-state index >= 15 is 0 Å². The molecule has 0 saturated heterocycles. The van der Waals surface area contributed by atoms with Gasteiger partial charge in [0.15, 0.2) is 0 Å². The fourth-order valence-corrected chi connectivity index (χ4v) is 1.62. The van der Waals surface area contributed by atoms with Gasteiger partial charge in [0.1, 0.15) is 12.7 Å². The molecular formula is C14H22O6. The lowest BCUT2D eigenvalue weighted by Gasteiger charge is -2.16. The Labute approximate surface area is 118 Å². The molecule has 0 radical (unpaired) electrons. The highest BCUT2D eigenvalue weighted by Crippen LogP contribution is 2.10. The first-order valence-electron chi connectivity index (χ1n) is 6.62. The van der Waals surface area contributed by atoms with Gasteiger partial charge in [-0.3, -0.25) is 9.59 Å². The molecule has 0 aromatic heterocycles. The minimum Gasteiger partial charge on any atom is -0.478 e. The predicted octanol–water partition coefficient (Wildman–Crippen LogP) is 2.07. The van der Waals surface area contributed by atoms with E-state index in [0.29, 0.717) is 12.8 Å². The van der Waals surface area contributed by atoms with Gasteiger partial charge in [-0.05, 0) is 25.7 Å². The summed E-state index contributed by atoms with van der Waals surface area (Å²) < 4.78 is 9.89. The number of rotatable bonds is 10. The lowest BCUT2D eigenvalue weighted by molar-refractivity contribution is -0.156. The number of allylic oxidation sites excluding steroid dienone is 1. The summed E-state index contributed by atoms with van der Waals surface area (Å²) in [5.74, 6) is -1.74. The molecule has 0 rings (SSSR count). The number of carbonyl (C=O) groups excluding carboxylic acids is 2. The lowest BCUT2D eigenvalue weighted by atomic mass is 10.1. The number of hydrogen-bond acceptors (Lipinski definition) is 5. The van der Waals surface area contributed by atoms with E-state index in [-0.39, 0.29) is 6.61 Å². The van der Waals surface area contributed by atoms with Gasteiger partial charge in [-0.2, -0.15) is 0 Å². The Hall–Kier alpha value is -1.85. The second-order valence-corrected chi connectivity index (χ2v) is 4.41. The van der Waals surface area contributed by atoms with Crippen LogP contribution in [-0.4, -0.2) is 35.7 Å². The van der Waals surface area contributed by atoms with Crippen LogP contribution < -0.4 is 0 Å². The van der Waals surface area contributed by atoms with E-state index in [9.17, 15) is 14.4 Å². The molecule has 0 heterocycles. The van der Waals surface area contributed by atoms with Gasteiger partial charge in [0.25, 0.3) is 0 Å². The zero-order valence-electron chi connectivity index (χ0n) is 12.0. The highest BCUT2D eigenvalue weighted by Gasteiger charge is 2.13. The molecule has 0 aliphatic heterocycles. The van der Waals surface area contributed by atoms with Gasteiger partial charge >= 0.3 is 17.9 Å². The van der Waals surface area contributed by atoms with E-state index in [0.717, 1.165) is 25.3 Å². The third-order valence-electron chi connectivity index (χ3n) is 2.46. The number of ether oxygens (including phenoxy) is 2. The Morgan fingerprint density at radius 2 is 1.80 bits per heavy atom. The first kappa shape index (κ1) is 18.1. The van der Waals surface area contributed by atoms with Crippen molar-refractivity contribution < 1.29 is 29.0 Å². The Morgan fingerprint density at radius 3 is 2.35 bits per heavy atom. The summed E-state index contributed by atoms with van der Waals surface area (Å²) in [4.78, 5) is 31.9. The van der Waals surface area contributed by atoms with Crippen LogP contribution in [0.5, 0.6) is 0 Å². The summed E-state index contributed by atoms with van der Waals surface area (Å²) >= 11 is 0. The molecule has 6 nitrogen and oxygen atoms in total. The zero-order valence-corrected chi connectivity index (χ0v) is 12.0. The standard InChI is InChI=1S/C14H22O6/c1-11(15)19-10-13(20-12(2)16)8-6-4-3-5-7-9-14(17)18/h7,9,13H,3-6,8,10H2,1-2H3,(H,17,18)/b9-7+. The molecule has 20 heavy (non-hydrogen) atoms. The number of unbranched alkanes of at least 4 members (excludes halogenated alkanes) is 3. The van der Waals surface area contributed by atoms with Crippen molar-refractivity contribution in [1.82, 2.24) is 0 Å². The van der Waals surface area contributed by atoms with Crippen molar-refractivity contribution in [2.24, 2.45) is 0 Å². The molecule has 114 valence electrons. The highest BCUT2D eigenvalue weighted by atomic mass is 16.6. The second-order valence-electron chi connectivity index (χ2n) is 4.41. The van der Waals surface area contributed by atoms with Gasteiger partial charge in [0.05, 0.1) is 0 Å². The molecule has 1 unspecified atom stereocenters. The minimum atomic E-state index is -0.943. The van der Waals surface area contributed by atoms with E-state index in [4.69, 9.17) is 14.6 Å². The van der Waals surface area contributed by atoms with E-state index in [1.165, 1.54) is 13.8 Å². The maximum absolute atomic E-state index is 10.9. The number of esters is 2. The van der Waals surface area contributed by atoms with Crippen molar-refractivity contribution in [3.05, 3.63) is 12.2 Å². The molecule has 0 aromatic carbocycles. The van der Waals surface area contributed by atoms with E-state index < -0.39 is 24.0 Å². The molecule has 0 fully saturated rings. The number of carboxylic acids is 1. The Kier molecular flexibility index (Phi) is 10.00. The van der Waals surface area contributed by atoms with Crippen molar-refractivity contribution in [3.8, 4) is 0 Å². The monoisotopic (exact) mass is 286 g/mol. The normalized spacial score (nSPS) is 12.1. The van der Waals surface area contributed by atoms with Crippen LogP contribution in [0.1, 0.15) is 46.0 Å². The summed E-state index contributed by atoms with van der Waals surface area (Å²) in [5, 5.41) is 8.40. The molecule has 0 bridgehead atoms. The number of aliphatic carboxylic acids is 1. The maximum Gasteiger partial charge on any atom is 0.327 e. The molecule has 0 aliphatic carbocycles. The van der Waals surface area contributed by atoms with Gasteiger partial charge in [-0.25, -0.2) is 4.79 Å². The fraction of sp³-hybridized carbons (Fsp3) is 0.643. The molecule has 0 saturated carbocycles. The smallest absolute Gasteiger partial charge is 0.327 e. The second kappa shape index (κ2) is 11.0. The quantitative estimate of drug-likeness (QED) is 0.375. The van der Waals surface area contributed by atoms with Gasteiger partial charge in [0, 0.05) is 19.9 Å². The molecule has 1 atom stereocenters. The van der Waals surface area contributed by atoms with Crippen LogP contribution in [0.25, 0.3) is 0 Å². The Balaban J connectivity index is 3.80. The number of carboxylic acid groups (broad SMARTS) is 1. The van der Waals surface area contributed by atoms with Crippen LogP contribution in [0.3, 0.4) is 0 Å².